The van der Waals surface area contributed by atoms with Crippen molar-refractivity contribution in [3.63, 3.8) is 0 Å². The molecule has 1 rings (SSSR count). The van der Waals surface area contributed by atoms with Crippen LogP contribution in [0.5, 0.6) is 0 Å². The van der Waals surface area contributed by atoms with E-state index in [0.717, 1.165) is 12.8 Å². The van der Waals surface area contributed by atoms with Crippen LogP contribution in [0.2, 0.25) is 0 Å². The first kappa shape index (κ1) is 11.7. The van der Waals surface area contributed by atoms with E-state index in [9.17, 15) is 0 Å². The van der Waals surface area contributed by atoms with Crippen LogP contribution >= 0.6 is 11.3 Å². The predicted molar refractivity (Wildman–Crippen MR) is 62.8 cm³/mol. The molecule has 0 aromatic carbocycles. The molecule has 1 unspecified atom stereocenters. The fourth-order valence-corrected chi connectivity index (χ4v) is 2.73. The molecule has 0 aliphatic carbocycles. The molecule has 1 heterocycles. The summed E-state index contributed by atoms with van der Waals surface area (Å²) >= 11 is 1.78. The van der Waals surface area contributed by atoms with Gasteiger partial charge in [-0.25, -0.2) is 4.98 Å². The number of thiazole rings is 1. The smallest absolute Gasteiger partial charge is 0.0931 e. The number of hydrogen-bond acceptors (Lipinski definition) is 3. The van der Waals surface area contributed by atoms with Crippen LogP contribution in [0.15, 0.2) is 0 Å². The zero-order chi connectivity index (χ0) is 10.7. The van der Waals surface area contributed by atoms with E-state index in [0.29, 0.717) is 5.92 Å². The summed E-state index contributed by atoms with van der Waals surface area (Å²) in [6, 6.07) is 0.121. The van der Waals surface area contributed by atoms with Crippen LogP contribution in [0.25, 0.3) is 0 Å². The quantitative estimate of drug-likeness (QED) is 0.832. The molecule has 1 aromatic rings. The van der Waals surface area contributed by atoms with Crippen molar-refractivity contribution in [3.8, 4) is 0 Å². The Hall–Kier alpha value is -0.410. The van der Waals surface area contributed by atoms with Gasteiger partial charge in [0.2, 0.25) is 0 Å². The van der Waals surface area contributed by atoms with Crippen LogP contribution in [-0.2, 0) is 6.42 Å². The maximum absolute atomic E-state index is 5.93. The first-order chi connectivity index (χ1) is 6.56. The third kappa shape index (κ3) is 2.55. The normalized spacial score (nSPS) is 13.6. The largest absolute Gasteiger partial charge is 0.323 e. The van der Waals surface area contributed by atoms with Crippen molar-refractivity contribution in [1.29, 1.82) is 0 Å². The Morgan fingerprint density at radius 2 is 2.00 bits per heavy atom. The maximum atomic E-state index is 5.93. The topological polar surface area (TPSA) is 38.9 Å². The number of nitrogens with zero attached hydrogens (tertiary/aromatic N) is 1. The average Bonchev–Trinajstić information content (AvgIpc) is 2.49. The molecule has 2 nitrogen and oxygen atoms in total. The standard InChI is InChI=1S/C11H20N2S/c1-5-6-9-13-10(7(2)3)11(14-9)8(4)12/h7-8H,5-6,12H2,1-4H3. The van der Waals surface area contributed by atoms with E-state index in [2.05, 4.69) is 25.8 Å². The molecule has 0 aliphatic heterocycles. The summed E-state index contributed by atoms with van der Waals surface area (Å²) in [6.07, 6.45) is 2.24. The van der Waals surface area contributed by atoms with E-state index in [4.69, 9.17) is 5.73 Å². The molecule has 2 N–H and O–H groups in total. The molecular formula is C11H20N2S. The van der Waals surface area contributed by atoms with E-state index in [-0.39, 0.29) is 6.04 Å². The molecule has 1 atom stereocenters. The van der Waals surface area contributed by atoms with Gasteiger partial charge in [-0.05, 0) is 25.7 Å². The van der Waals surface area contributed by atoms with E-state index in [1.807, 2.05) is 6.92 Å². The van der Waals surface area contributed by atoms with Gasteiger partial charge in [0.25, 0.3) is 0 Å². The minimum absolute atomic E-state index is 0.121. The molecule has 14 heavy (non-hydrogen) atoms. The van der Waals surface area contributed by atoms with Crippen molar-refractivity contribution in [3.05, 3.63) is 15.6 Å². The van der Waals surface area contributed by atoms with E-state index < -0.39 is 0 Å². The number of aromatic nitrogens is 1. The molecule has 0 spiro atoms. The lowest BCUT2D eigenvalue weighted by Crippen LogP contribution is -2.06. The highest BCUT2D eigenvalue weighted by Gasteiger charge is 2.16. The fourth-order valence-electron chi connectivity index (χ4n) is 1.45. The molecule has 0 saturated heterocycles. The Balaban J connectivity index is 3.00. The highest BCUT2D eigenvalue weighted by molar-refractivity contribution is 7.11. The van der Waals surface area contributed by atoms with Crippen molar-refractivity contribution in [2.75, 3.05) is 0 Å². The van der Waals surface area contributed by atoms with Gasteiger partial charge in [0.15, 0.2) is 0 Å². The van der Waals surface area contributed by atoms with Gasteiger partial charge in [-0.1, -0.05) is 20.8 Å². The Kier molecular flexibility index (Phi) is 4.08. The van der Waals surface area contributed by atoms with Crippen molar-refractivity contribution >= 4 is 11.3 Å². The second-order valence-electron chi connectivity index (χ2n) is 4.05. The Bertz CT molecular complexity index is 264. The van der Waals surface area contributed by atoms with Crippen LogP contribution in [0, 0.1) is 0 Å². The van der Waals surface area contributed by atoms with Crippen molar-refractivity contribution in [2.45, 2.75) is 52.5 Å². The van der Waals surface area contributed by atoms with Crippen molar-refractivity contribution in [1.82, 2.24) is 4.98 Å². The number of nitrogens with two attached hydrogens (primary N) is 1. The van der Waals surface area contributed by atoms with Gasteiger partial charge in [-0.3, -0.25) is 0 Å². The lowest BCUT2D eigenvalue weighted by molar-refractivity contribution is 0.756. The molecule has 0 saturated carbocycles. The van der Waals surface area contributed by atoms with E-state index >= 15 is 0 Å². The summed E-state index contributed by atoms with van der Waals surface area (Å²) in [5, 5.41) is 1.24. The molecular weight excluding hydrogens is 192 g/mol. The van der Waals surface area contributed by atoms with Crippen molar-refractivity contribution < 1.29 is 0 Å². The summed E-state index contributed by atoms with van der Waals surface area (Å²) in [4.78, 5) is 5.93. The lowest BCUT2D eigenvalue weighted by Gasteiger charge is -2.07. The fraction of sp³-hybridized carbons (Fsp3) is 0.727. The predicted octanol–water partition coefficient (Wildman–Crippen LogP) is 3.24. The van der Waals surface area contributed by atoms with Crippen molar-refractivity contribution in [2.24, 2.45) is 5.73 Å². The molecule has 3 heteroatoms. The number of rotatable bonds is 4. The van der Waals surface area contributed by atoms with Gasteiger partial charge in [0, 0.05) is 10.9 Å². The monoisotopic (exact) mass is 212 g/mol. The van der Waals surface area contributed by atoms with Crippen LogP contribution < -0.4 is 5.73 Å². The maximum Gasteiger partial charge on any atom is 0.0931 e. The Morgan fingerprint density at radius 1 is 1.36 bits per heavy atom. The minimum atomic E-state index is 0.121. The third-order valence-corrected chi connectivity index (χ3v) is 3.48. The first-order valence-corrected chi connectivity index (χ1v) is 6.13. The molecule has 0 fully saturated rings. The zero-order valence-corrected chi connectivity index (χ0v) is 10.3. The molecule has 0 bridgehead atoms. The summed E-state index contributed by atoms with van der Waals surface area (Å²) in [5.74, 6) is 0.484. The molecule has 1 aromatic heterocycles. The number of aryl methyl sites for hydroxylation is 1. The zero-order valence-electron chi connectivity index (χ0n) is 9.50. The van der Waals surface area contributed by atoms with Gasteiger partial charge in [0.05, 0.1) is 10.7 Å². The SMILES string of the molecule is CCCc1nc(C(C)C)c(C(C)N)s1. The Labute approximate surface area is 90.6 Å². The number of hydrogen-bond donors (Lipinski definition) is 1. The summed E-state index contributed by atoms with van der Waals surface area (Å²) in [5.41, 5.74) is 7.13. The Morgan fingerprint density at radius 3 is 2.36 bits per heavy atom. The van der Waals surface area contributed by atoms with Gasteiger partial charge < -0.3 is 5.73 Å². The minimum Gasteiger partial charge on any atom is -0.323 e. The first-order valence-electron chi connectivity index (χ1n) is 5.31. The molecule has 80 valence electrons. The summed E-state index contributed by atoms with van der Waals surface area (Å²) < 4.78 is 0. The molecule has 0 amide bonds. The second-order valence-corrected chi connectivity index (χ2v) is 5.17. The van der Waals surface area contributed by atoms with Crippen LogP contribution in [0.1, 0.15) is 61.7 Å². The summed E-state index contributed by atoms with van der Waals surface area (Å²) in [7, 11) is 0. The van der Waals surface area contributed by atoms with E-state index in [1.165, 1.54) is 15.6 Å². The summed E-state index contributed by atoms with van der Waals surface area (Å²) in [6.45, 7) is 8.57. The van der Waals surface area contributed by atoms with Crippen LogP contribution in [0.4, 0.5) is 0 Å². The van der Waals surface area contributed by atoms with Crippen LogP contribution in [0.3, 0.4) is 0 Å². The second kappa shape index (κ2) is 4.89. The molecule has 0 radical (unpaired) electrons. The third-order valence-electron chi connectivity index (χ3n) is 2.15. The van der Waals surface area contributed by atoms with Gasteiger partial charge in [-0.2, -0.15) is 0 Å². The highest BCUT2D eigenvalue weighted by atomic mass is 32.1. The van der Waals surface area contributed by atoms with Crippen LogP contribution in [-0.4, -0.2) is 4.98 Å². The van der Waals surface area contributed by atoms with Gasteiger partial charge >= 0.3 is 0 Å². The average molecular weight is 212 g/mol. The lowest BCUT2D eigenvalue weighted by atomic mass is 10.1. The molecule has 0 aliphatic rings. The van der Waals surface area contributed by atoms with Gasteiger partial charge in [-0.15, -0.1) is 11.3 Å². The highest BCUT2D eigenvalue weighted by Crippen LogP contribution is 2.29. The van der Waals surface area contributed by atoms with Gasteiger partial charge in [0.1, 0.15) is 0 Å². The van der Waals surface area contributed by atoms with E-state index in [1.54, 1.807) is 11.3 Å².